The summed E-state index contributed by atoms with van der Waals surface area (Å²) >= 11 is 0. The Bertz CT molecular complexity index is 1160. The third kappa shape index (κ3) is 4.25. The van der Waals surface area contributed by atoms with Crippen LogP contribution in [0.5, 0.6) is 5.75 Å². The molecule has 4 aromatic rings. The number of rotatable bonds is 6. The monoisotopic (exact) mass is 394 g/mol. The third-order valence-corrected chi connectivity index (χ3v) is 4.75. The van der Waals surface area contributed by atoms with Gasteiger partial charge in [0.1, 0.15) is 24.0 Å². The summed E-state index contributed by atoms with van der Waals surface area (Å²) in [7, 11) is 0. The summed E-state index contributed by atoms with van der Waals surface area (Å²) in [5.41, 5.74) is 10.1. The molecular weight excluding hydrogens is 374 g/mol. The molecule has 4 rings (SSSR count). The lowest BCUT2D eigenvalue weighted by molar-refractivity contribution is 0.286. The SMILES string of the molecule is Cc1n[nH]c2ccc(-c3cncc(OC[C@@H](N)Cc4cc(F)ccc4F)c3)cc12. The Morgan fingerprint density at radius 1 is 1.07 bits per heavy atom. The van der Waals surface area contributed by atoms with Crippen molar-refractivity contribution >= 4 is 10.9 Å². The van der Waals surface area contributed by atoms with Gasteiger partial charge < -0.3 is 10.5 Å². The molecule has 0 saturated heterocycles. The Balaban J connectivity index is 1.45. The summed E-state index contributed by atoms with van der Waals surface area (Å²) in [6, 6.07) is 10.7. The summed E-state index contributed by atoms with van der Waals surface area (Å²) in [6.45, 7) is 2.10. The molecule has 2 aromatic heterocycles. The minimum Gasteiger partial charge on any atom is -0.490 e. The molecule has 0 aliphatic heterocycles. The van der Waals surface area contributed by atoms with E-state index in [0.717, 1.165) is 45.9 Å². The molecular formula is C22H20F2N4O. The minimum absolute atomic E-state index is 0.154. The second-order valence-electron chi connectivity index (χ2n) is 6.99. The van der Waals surface area contributed by atoms with Gasteiger partial charge in [0.15, 0.2) is 0 Å². The van der Waals surface area contributed by atoms with Gasteiger partial charge in [0.05, 0.1) is 17.4 Å². The van der Waals surface area contributed by atoms with E-state index in [1.165, 1.54) is 0 Å². The minimum atomic E-state index is -0.490. The molecule has 3 N–H and O–H groups in total. The van der Waals surface area contributed by atoms with Crippen LogP contribution in [0.1, 0.15) is 11.3 Å². The first-order valence-electron chi connectivity index (χ1n) is 9.22. The Labute approximate surface area is 166 Å². The van der Waals surface area contributed by atoms with Crippen LogP contribution in [0.3, 0.4) is 0 Å². The van der Waals surface area contributed by atoms with Crippen molar-refractivity contribution in [1.82, 2.24) is 15.2 Å². The van der Waals surface area contributed by atoms with Crippen LogP contribution in [0.15, 0.2) is 54.9 Å². The number of nitrogens with zero attached hydrogens (tertiary/aromatic N) is 2. The summed E-state index contributed by atoms with van der Waals surface area (Å²) < 4.78 is 32.8. The van der Waals surface area contributed by atoms with E-state index in [-0.39, 0.29) is 18.6 Å². The summed E-state index contributed by atoms with van der Waals surface area (Å²) in [6.07, 6.45) is 3.53. The molecule has 0 bridgehead atoms. The lowest BCUT2D eigenvalue weighted by Crippen LogP contribution is -2.30. The molecule has 0 saturated carbocycles. The van der Waals surface area contributed by atoms with E-state index in [2.05, 4.69) is 15.2 Å². The molecule has 0 aliphatic rings. The number of aromatic amines is 1. The first-order chi connectivity index (χ1) is 14.0. The highest BCUT2D eigenvalue weighted by molar-refractivity contribution is 5.86. The third-order valence-electron chi connectivity index (χ3n) is 4.75. The molecule has 29 heavy (non-hydrogen) atoms. The maximum absolute atomic E-state index is 13.8. The topological polar surface area (TPSA) is 76.8 Å². The molecule has 0 unspecified atom stereocenters. The molecule has 5 nitrogen and oxygen atoms in total. The number of nitrogens with one attached hydrogen (secondary N) is 1. The van der Waals surface area contributed by atoms with E-state index in [1.54, 1.807) is 12.4 Å². The van der Waals surface area contributed by atoms with Gasteiger partial charge in [-0.2, -0.15) is 5.10 Å². The number of pyridine rings is 1. The number of aromatic nitrogens is 3. The van der Waals surface area contributed by atoms with E-state index < -0.39 is 17.7 Å². The molecule has 1 atom stereocenters. The van der Waals surface area contributed by atoms with Crippen molar-refractivity contribution in [1.29, 1.82) is 0 Å². The number of hydrogen-bond acceptors (Lipinski definition) is 4. The molecule has 2 heterocycles. The zero-order valence-corrected chi connectivity index (χ0v) is 15.8. The van der Waals surface area contributed by atoms with Crippen LogP contribution < -0.4 is 10.5 Å². The fraction of sp³-hybridized carbons (Fsp3) is 0.182. The van der Waals surface area contributed by atoms with E-state index >= 15 is 0 Å². The van der Waals surface area contributed by atoms with Gasteiger partial charge in [-0.05, 0) is 60.9 Å². The normalized spacial score (nSPS) is 12.3. The lowest BCUT2D eigenvalue weighted by Gasteiger charge is -2.14. The second-order valence-corrected chi connectivity index (χ2v) is 6.99. The highest BCUT2D eigenvalue weighted by Gasteiger charge is 2.11. The Morgan fingerprint density at radius 3 is 2.79 bits per heavy atom. The van der Waals surface area contributed by atoms with E-state index in [0.29, 0.717) is 5.75 Å². The second kappa shape index (κ2) is 7.97. The number of halogens is 2. The number of benzene rings is 2. The number of ether oxygens (including phenoxy) is 1. The predicted octanol–water partition coefficient (Wildman–Crippen LogP) is 4.16. The fourth-order valence-electron chi connectivity index (χ4n) is 3.22. The van der Waals surface area contributed by atoms with E-state index in [1.807, 2.05) is 31.2 Å². The number of nitrogens with two attached hydrogens (primary N) is 1. The number of fused-ring (bicyclic) bond motifs is 1. The number of H-pyrrole nitrogens is 1. The number of aryl methyl sites for hydroxylation is 1. The van der Waals surface area contributed by atoms with Crippen LogP contribution in [-0.2, 0) is 6.42 Å². The molecule has 0 fully saturated rings. The standard InChI is InChI=1S/C22H20F2N4O/c1-13-20-9-14(2-5-22(20)28-27-13)16-8-19(11-26-10-16)29-12-18(25)7-15-6-17(23)3-4-21(15)24/h2-6,8-11,18H,7,12,25H2,1H3,(H,27,28)/t18-/m0/s1. The average molecular weight is 394 g/mol. The molecule has 0 amide bonds. The van der Waals surface area contributed by atoms with Crippen molar-refractivity contribution in [2.75, 3.05) is 6.61 Å². The maximum Gasteiger partial charge on any atom is 0.138 e. The Kier molecular flexibility index (Phi) is 5.22. The van der Waals surface area contributed by atoms with Gasteiger partial charge in [0, 0.05) is 23.2 Å². The van der Waals surface area contributed by atoms with Gasteiger partial charge in [-0.25, -0.2) is 8.78 Å². The summed E-state index contributed by atoms with van der Waals surface area (Å²) in [5.74, 6) is -0.409. The quantitative estimate of drug-likeness (QED) is 0.515. The first-order valence-corrected chi connectivity index (χ1v) is 9.22. The molecule has 7 heteroatoms. The molecule has 0 radical (unpaired) electrons. The largest absolute Gasteiger partial charge is 0.490 e. The van der Waals surface area contributed by atoms with Gasteiger partial charge in [-0.15, -0.1) is 0 Å². The van der Waals surface area contributed by atoms with Crippen LogP contribution in [0.2, 0.25) is 0 Å². The fourth-order valence-corrected chi connectivity index (χ4v) is 3.22. The van der Waals surface area contributed by atoms with Crippen LogP contribution in [0, 0.1) is 18.6 Å². The van der Waals surface area contributed by atoms with Crippen molar-refractivity contribution in [2.24, 2.45) is 5.73 Å². The van der Waals surface area contributed by atoms with Crippen LogP contribution in [-0.4, -0.2) is 27.8 Å². The average Bonchev–Trinajstić information content (AvgIpc) is 3.10. The Hall–Kier alpha value is -3.32. The van der Waals surface area contributed by atoms with Gasteiger partial charge in [0.25, 0.3) is 0 Å². The summed E-state index contributed by atoms with van der Waals surface area (Å²) in [5, 5.41) is 8.25. The lowest BCUT2D eigenvalue weighted by atomic mass is 10.0. The van der Waals surface area contributed by atoms with Gasteiger partial charge in [-0.1, -0.05) is 6.07 Å². The van der Waals surface area contributed by atoms with Gasteiger partial charge in [0.2, 0.25) is 0 Å². The molecule has 2 aromatic carbocycles. The zero-order chi connectivity index (χ0) is 20.4. The number of hydrogen-bond donors (Lipinski definition) is 2. The van der Waals surface area contributed by atoms with E-state index in [9.17, 15) is 8.78 Å². The van der Waals surface area contributed by atoms with Crippen molar-refractivity contribution in [3.05, 3.63) is 77.8 Å². The zero-order valence-electron chi connectivity index (χ0n) is 15.8. The highest BCUT2D eigenvalue weighted by atomic mass is 19.1. The van der Waals surface area contributed by atoms with Crippen molar-refractivity contribution < 1.29 is 13.5 Å². The highest BCUT2D eigenvalue weighted by Crippen LogP contribution is 2.27. The molecule has 0 spiro atoms. The van der Waals surface area contributed by atoms with Gasteiger partial charge in [-0.3, -0.25) is 10.1 Å². The van der Waals surface area contributed by atoms with E-state index in [4.69, 9.17) is 10.5 Å². The molecule has 0 aliphatic carbocycles. The van der Waals surface area contributed by atoms with Crippen molar-refractivity contribution in [2.45, 2.75) is 19.4 Å². The van der Waals surface area contributed by atoms with Gasteiger partial charge >= 0.3 is 0 Å². The van der Waals surface area contributed by atoms with Crippen molar-refractivity contribution in [3.63, 3.8) is 0 Å². The van der Waals surface area contributed by atoms with Crippen LogP contribution >= 0.6 is 0 Å². The Morgan fingerprint density at radius 2 is 1.93 bits per heavy atom. The molecule has 148 valence electrons. The first kappa shape index (κ1) is 19.0. The predicted molar refractivity (Wildman–Crippen MR) is 108 cm³/mol. The maximum atomic E-state index is 13.8. The van der Waals surface area contributed by atoms with Crippen molar-refractivity contribution in [3.8, 4) is 16.9 Å². The summed E-state index contributed by atoms with van der Waals surface area (Å²) in [4.78, 5) is 4.24. The smallest absolute Gasteiger partial charge is 0.138 e. The van der Waals surface area contributed by atoms with Crippen LogP contribution in [0.4, 0.5) is 8.78 Å². The van der Waals surface area contributed by atoms with Crippen LogP contribution in [0.25, 0.3) is 22.0 Å².